The van der Waals surface area contributed by atoms with Gasteiger partial charge in [-0.3, -0.25) is 9.59 Å². The van der Waals surface area contributed by atoms with Gasteiger partial charge in [-0.05, 0) is 41.1 Å². The third-order valence-corrected chi connectivity index (χ3v) is 4.38. The van der Waals surface area contributed by atoms with Gasteiger partial charge >= 0.3 is 0 Å². The Morgan fingerprint density at radius 1 is 1.33 bits per heavy atom. The first-order valence-electron chi connectivity index (χ1n) is 6.60. The molecule has 0 unspecified atom stereocenters. The fourth-order valence-corrected chi connectivity index (χ4v) is 2.94. The van der Waals surface area contributed by atoms with Gasteiger partial charge in [0.15, 0.2) is 10.9 Å². The largest absolute Gasteiger partial charge is 0.301 e. The fraction of sp³-hybridized carbons (Fsp3) is 0.267. The number of aromatic amines is 1. The van der Waals surface area contributed by atoms with Crippen LogP contribution in [-0.4, -0.2) is 21.5 Å². The van der Waals surface area contributed by atoms with Gasteiger partial charge in [-0.1, -0.05) is 37.2 Å². The van der Waals surface area contributed by atoms with Crippen molar-refractivity contribution in [2.75, 3.05) is 5.75 Å². The molecule has 0 saturated carbocycles. The Kier molecular flexibility index (Phi) is 5.98. The van der Waals surface area contributed by atoms with Crippen molar-refractivity contribution in [3.8, 4) is 0 Å². The predicted molar refractivity (Wildman–Crippen MR) is 93.1 cm³/mol. The lowest BCUT2D eigenvalue weighted by Crippen LogP contribution is -2.11. The Morgan fingerprint density at radius 3 is 2.71 bits per heavy atom. The summed E-state index contributed by atoms with van der Waals surface area (Å²) in [6.45, 7) is 2.04. The average molecular weight is 414 g/mol. The van der Waals surface area contributed by atoms with E-state index in [1.54, 1.807) is 0 Å². The molecule has 0 bridgehead atoms. The third kappa shape index (κ3) is 4.96. The molecule has 2 rings (SSSR count). The van der Waals surface area contributed by atoms with E-state index in [1.165, 1.54) is 17.8 Å². The van der Waals surface area contributed by atoms with E-state index in [-0.39, 0.29) is 17.1 Å². The zero-order chi connectivity index (χ0) is 15.2. The molecule has 0 aliphatic rings. The highest BCUT2D eigenvalue weighted by atomic mass is 127. The van der Waals surface area contributed by atoms with Crippen LogP contribution in [0.5, 0.6) is 0 Å². The van der Waals surface area contributed by atoms with E-state index >= 15 is 0 Å². The van der Waals surface area contributed by atoms with Gasteiger partial charge in [0.25, 0.3) is 5.56 Å². The summed E-state index contributed by atoms with van der Waals surface area (Å²) < 4.78 is 1.09. The monoisotopic (exact) mass is 414 g/mol. The SMILES string of the molecule is CCCc1cc(=O)[nH]c(SCC(=O)c2ccc(I)cc2)n1. The number of H-pyrrole nitrogens is 1. The highest BCUT2D eigenvalue weighted by Gasteiger charge is 2.08. The summed E-state index contributed by atoms with van der Waals surface area (Å²) in [7, 11) is 0. The van der Waals surface area contributed by atoms with E-state index in [2.05, 4.69) is 32.6 Å². The number of nitrogens with one attached hydrogen (secondary N) is 1. The summed E-state index contributed by atoms with van der Waals surface area (Å²) in [6, 6.07) is 8.94. The van der Waals surface area contributed by atoms with Crippen LogP contribution in [0.1, 0.15) is 29.4 Å². The summed E-state index contributed by atoms with van der Waals surface area (Å²) in [6.07, 6.45) is 1.70. The lowest BCUT2D eigenvalue weighted by atomic mass is 10.2. The van der Waals surface area contributed by atoms with Crippen molar-refractivity contribution in [1.29, 1.82) is 0 Å². The van der Waals surface area contributed by atoms with Crippen molar-refractivity contribution in [2.24, 2.45) is 0 Å². The standard InChI is InChI=1S/C15H15IN2O2S/c1-2-3-12-8-14(20)18-15(17-12)21-9-13(19)10-4-6-11(16)7-5-10/h4-8H,2-3,9H2,1H3,(H,17,18,20). The molecule has 0 fully saturated rings. The molecule has 0 aliphatic carbocycles. The van der Waals surface area contributed by atoms with Gasteiger partial charge in [-0.2, -0.15) is 0 Å². The number of aryl methyl sites for hydroxylation is 1. The van der Waals surface area contributed by atoms with E-state index in [9.17, 15) is 9.59 Å². The van der Waals surface area contributed by atoms with Crippen LogP contribution in [0.4, 0.5) is 0 Å². The minimum absolute atomic E-state index is 0.0277. The Labute approximate surface area is 140 Å². The van der Waals surface area contributed by atoms with E-state index in [4.69, 9.17) is 0 Å². The first kappa shape index (κ1) is 16.2. The number of hydrogen-bond donors (Lipinski definition) is 1. The van der Waals surface area contributed by atoms with Crippen molar-refractivity contribution < 1.29 is 4.79 Å². The Balaban J connectivity index is 2.04. The van der Waals surface area contributed by atoms with Crippen molar-refractivity contribution >= 4 is 40.1 Å². The quantitative estimate of drug-likeness (QED) is 0.341. The molecule has 0 amide bonds. The maximum absolute atomic E-state index is 12.1. The number of halogens is 1. The molecule has 0 aliphatic heterocycles. The number of thioether (sulfide) groups is 1. The van der Waals surface area contributed by atoms with Gasteiger partial charge < -0.3 is 4.98 Å². The van der Waals surface area contributed by atoms with Crippen LogP contribution in [0.3, 0.4) is 0 Å². The van der Waals surface area contributed by atoms with Gasteiger partial charge in [0.1, 0.15) is 0 Å². The van der Waals surface area contributed by atoms with Gasteiger partial charge in [0.05, 0.1) is 5.75 Å². The number of nitrogens with zero attached hydrogens (tertiary/aromatic N) is 1. The number of benzene rings is 1. The number of carbonyl (C=O) groups is 1. The van der Waals surface area contributed by atoms with E-state index < -0.39 is 0 Å². The molecule has 0 saturated heterocycles. The second-order valence-corrected chi connectivity index (χ2v) is 6.72. The molecule has 1 aromatic carbocycles. The van der Waals surface area contributed by atoms with Gasteiger partial charge in [0, 0.05) is 20.9 Å². The minimum atomic E-state index is -0.169. The molecule has 0 radical (unpaired) electrons. The average Bonchev–Trinajstić information content (AvgIpc) is 2.45. The molecule has 6 heteroatoms. The topological polar surface area (TPSA) is 62.8 Å². The van der Waals surface area contributed by atoms with Crippen LogP contribution in [0.2, 0.25) is 0 Å². The molecule has 110 valence electrons. The number of aromatic nitrogens is 2. The van der Waals surface area contributed by atoms with Crippen LogP contribution in [-0.2, 0) is 6.42 Å². The van der Waals surface area contributed by atoms with Gasteiger partial charge in [0.2, 0.25) is 0 Å². The normalized spacial score (nSPS) is 10.6. The molecular weight excluding hydrogens is 399 g/mol. The molecular formula is C15H15IN2O2S. The Hall–Kier alpha value is -1.15. The maximum atomic E-state index is 12.1. The van der Waals surface area contributed by atoms with E-state index in [1.807, 2.05) is 31.2 Å². The first-order valence-corrected chi connectivity index (χ1v) is 8.66. The molecule has 2 aromatic rings. The highest BCUT2D eigenvalue weighted by Crippen LogP contribution is 2.15. The molecule has 4 nitrogen and oxygen atoms in total. The third-order valence-electron chi connectivity index (χ3n) is 2.79. The fourth-order valence-electron chi connectivity index (χ4n) is 1.79. The summed E-state index contributed by atoms with van der Waals surface area (Å²) >= 11 is 3.46. The first-order chi connectivity index (χ1) is 10.1. The molecule has 1 N–H and O–H groups in total. The van der Waals surface area contributed by atoms with Crippen LogP contribution >= 0.6 is 34.4 Å². The molecule has 1 heterocycles. The zero-order valence-corrected chi connectivity index (χ0v) is 14.5. The van der Waals surface area contributed by atoms with Crippen molar-refractivity contribution in [3.63, 3.8) is 0 Å². The van der Waals surface area contributed by atoms with Crippen LogP contribution in [0.25, 0.3) is 0 Å². The van der Waals surface area contributed by atoms with Gasteiger partial charge in [-0.15, -0.1) is 0 Å². The number of carbonyl (C=O) groups excluding carboxylic acids is 1. The predicted octanol–water partition coefficient (Wildman–Crippen LogP) is 3.30. The number of rotatable bonds is 6. The van der Waals surface area contributed by atoms with Crippen molar-refractivity contribution in [1.82, 2.24) is 9.97 Å². The zero-order valence-electron chi connectivity index (χ0n) is 11.6. The minimum Gasteiger partial charge on any atom is -0.301 e. The van der Waals surface area contributed by atoms with Crippen LogP contribution in [0.15, 0.2) is 40.3 Å². The Bertz CT molecular complexity index is 683. The van der Waals surface area contributed by atoms with Gasteiger partial charge in [-0.25, -0.2) is 4.98 Å². The smallest absolute Gasteiger partial charge is 0.251 e. The molecule has 0 spiro atoms. The van der Waals surface area contributed by atoms with E-state index in [0.29, 0.717) is 10.7 Å². The molecule has 1 aromatic heterocycles. The second-order valence-electron chi connectivity index (χ2n) is 4.51. The molecule has 21 heavy (non-hydrogen) atoms. The Morgan fingerprint density at radius 2 is 2.05 bits per heavy atom. The van der Waals surface area contributed by atoms with Crippen molar-refractivity contribution in [3.05, 3.63) is 55.5 Å². The maximum Gasteiger partial charge on any atom is 0.251 e. The lowest BCUT2D eigenvalue weighted by molar-refractivity contribution is 0.102. The number of ketones is 1. The summed E-state index contributed by atoms with van der Waals surface area (Å²) in [4.78, 5) is 30.6. The van der Waals surface area contributed by atoms with Crippen LogP contribution < -0.4 is 5.56 Å². The van der Waals surface area contributed by atoms with Crippen LogP contribution in [0, 0.1) is 3.57 Å². The van der Waals surface area contributed by atoms with Crippen molar-refractivity contribution in [2.45, 2.75) is 24.9 Å². The summed E-state index contributed by atoms with van der Waals surface area (Å²) in [5.74, 6) is 0.291. The second kappa shape index (κ2) is 7.74. The van der Waals surface area contributed by atoms with E-state index in [0.717, 1.165) is 22.1 Å². The number of hydrogen-bond acceptors (Lipinski definition) is 4. The molecule has 0 atom stereocenters. The summed E-state index contributed by atoms with van der Waals surface area (Å²) in [5.41, 5.74) is 1.28. The number of Topliss-reactive ketones (excluding diaryl/α,β-unsaturated/α-hetero) is 1. The lowest BCUT2D eigenvalue weighted by Gasteiger charge is -2.03. The summed E-state index contributed by atoms with van der Waals surface area (Å²) in [5, 5.41) is 0.504. The highest BCUT2D eigenvalue weighted by molar-refractivity contribution is 14.1.